The van der Waals surface area contributed by atoms with Gasteiger partial charge in [0.15, 0.2) is 5.69 Å². The van der Waals surface area contributed by atoms with Gasteiger partial charge in [0.05, 0.1) is 17.0 Å². The maximum Gasteiger partial charge on any atom is 0.154 e. The van der Waals surface area contributed by atoms with Crippen molar-refractivity contribution in [3.05, 3.63) is 18.0 Å². The quantitative estimate of drug-likeness (QED) is 0.424. The van der Waals surface area contributed by atoms with E-state index in [0.29, 0.717) is 11.4 Å². The number of nitriles is 1. The Labute approximate surface area is 85.5 Å². The molecule has 0 spiro atoms. The van der Waals surface area contributed by atoms with Crippen LogP contribution in [0, 0.1) is 11.3 Å². The van der Waals surface area contributed by atoms with E-state index in [9.17, 15) is 0 Å². The van der Waals surface area contributed by atoms with Crippen molar-refractivity contribution in [2.45, 2.75) is 4.90 Å². The Morgan fingerprint density at radius 1 is 1.69 bits per heavy atom. The average Bonchev–Trinajstić information content (AvgIpc) is 2.18. The first-order valence-corrected chi connectivity index (χ1v) is 4.97. The van der Waals surface area contributed by atoms with Crippen molar-refractivity contribution in [2.75, 3.05) is 6.26 Å². The van der Waals surface area contributed by atoms with Gasteiger partial charge in [-0.2, -0.15) is 10.3 Å². The maximum atomic E-state index is 8.68. The lowest BCUT2D eigenvalue weighted by molar-refractivity contribution is 1.17. The number of thioether (sulfide) groups is 1. The SMILES string of the molecule is CSc1cc(N=C=S)cnc1C#N. The third kappa shape index (κ3) is 2.36. The summed E-state index contributed by atoms with van der Waals surface area (Å²) in [6.07, 6.45) is 3.38. The molecular formula is C8H5N3S2. The zero-order chi connectivity index (χ0) is 9.68. The zero-order valence-corrected chi connectivity index (χ0v) is 8.45. The molecule has 0 saturated carbocycles. The molecule has 0 fully saturated rings. The van der Waals surface area contributed by atoms with E-state index in [4.69, 9.17) is 5.26 Å². The summed E-state index contributed by atoms with van der Waals surface area (Å²) in [5.74, 6) is 0. The topological polar surface area (TPSA) is 49.0 Å². The predicted molar refractivity (Wildman–Crippen MR) is 55.4 cm³/mol. The van der Waals surface area contributed by atoms with Gasteiger partial charge >= 0.3 is 0 Å². The van der Waals surface area contributed by atoms with E-state index in [1.807, 2.05) is 12.3 Å². The van der Waals surface area contributed by atoms with E-state index in [1.54, 1.807) is 6.07 Å². The number of hydrogen-bond acceptors (Lipinski definition) is 5. The largest absolute Gasteiger partial charge is 0.242 e. The van der Waals surface area contributed by atoms with Gasteiger partial charge in [-0.25, -0.2) is 4.98 Å². The molecule has 5 heteroatoms. The molecule has 0 unspecified atom stereocenters. The van der Waals surface area contributed by atoms with Crippen LogP contribution < -0.4 is 0 Å². The van der Waals surface area contributed by atoms with Crippen LogP contribution >= 0.6 is 24.0 Å². The number of nitrogens with zero attached hydrogens (tertiary/aromatic N) is 3. The van der Waals surface area contributed by atoms with Gasteiger partial charge in [-0.1, -0.05) is 0 Å². The second kappa shape index (κ2) is 4.73. The van der Waals surface area contributed by atoms with Crippen molar-refractivity contribution in [1.82, 2.24) is 4.98 Å². The van der Waals surface area contributed by atoms with Gasteiger partial charge in [-0.15, -0.1) is 11.8 Å². The number of aliphatic imine (C=N–C) groups is 1. The van der Waals surface area contributed by atoms with Gasteiger partial charge in [-0.3, -0.25) is 0 Å². The Morgan fingerprint density at radius 3 is 3.00 bits per heavy atom. The predicted octanol–water partition coefficient (Wildman–Crippen LogP) is 2.41. The molecule has 0 bridgehead atoms. The Balaban J connectivity index is 3.22. The molecule has 1 aromatic rings. The summed E-state index contributed by atoms with van der Waals surface area (Å²) < 4.78 is 0. The van der Waals surface area contributed by atoms with Crippen molar-refractivity contribution >= 4 is 34.8 Å². The molecule has 0 atom stereocenters. The minimum Gasteiger partial charge on any atom is -0.242 e. The number of hydrogen-bond donors (Lipinski definition) is 0. The Morgan fingerprint density at radius 2 is 2.46 bits per heavy atom. The van der Waals surface area contributed by atoms with Crippen LogP contribution in [0.15, 0.2) is 22.2 Å². The van der Waals surface area contributed by atoms with E-state index in [2.05, 4.69) is 27.4 Å². The number of rotatable bonds is 2. The molecule has 0 aromatic carbocycles. The summed E-state index contributed by atoms with van der Waals surface area (Å²) in [4.78, 5) is 8.49. The highest BCUT2D eigenvalue weighted by atomic mass is 32.2. The summed E-state index contributed by atoms with van der Waals surface area (Å²) in [5.41, 5.74) is 1.04. The molecule has 13 heavy (non-hydrogen) atoms. The summed E-state index contributed by atoms with van der Waals surface area (Å²) in [6.45, 7) is 0. The van der Waals surface area contributed by atoms with Gasteiger partial charge < -0.3 is 0 Å². The average molecular weight is 207 g/mol. The van der Waals surface area contributed by atoms with Crippen LogP contribution in [0.5, 0.6) is 0 Å². The highest BCUT2D eigenvalue weighted by Crippen LogP contribution is 2.22. The second-order valence-corrected chi connectivity index (χ2v) is 3.09. The first kappa shape index (κ1) is 9.87. The minimum absolute atomic E-state index is 0.413. The summed E-state index contributed by atoms with van der Waals surface area (Å²) >= 11 is 5.91. The fourth-order valence-corrected chi connectivity index (χ4v) is 1.42. The first-order valence-electron chi connectivity index (χ1n) is 3.34. The maximum absolute atomic E-state index is 8.68. The van der Waals surface area contributed by atoms with Crippen LogP contribution in [-0.4, -0.2) is 16.4 Å². The van der Waals surface area contributed by atoms with E-state index in [0.717, 1.165) is 4.90 Å². The van der Waals surface area contributed by atoms with Crippen LogP contribution in [0.2, 0.25) is 0 Å². The summed E-state index contributed by atoms with van der Waals surface area (Å²) in [7, 11) is 0. The molecule has 64 valence electrons. The van der Waals surface area contributed by atoms with Gasteiger partial charge in [0.25, 0.3) is 0 Å². The first-order chi connectivity index (χ1) is 6.31. The van der Waals surface area contributed by atoms with Crippen LogP contribution in [0.4, 0.5) is 5.69 Å². The zero-order valence-electron chi connectivity index (χ0n) is 6.81. The van der Waals surface area contributed by atoms with Crippen LogP contribution in [0.25, 0.3) is 0 Å². The van der Waals surface area contributed by atoms with Gasteiger partial charge in [0.1, 0.15) is 6.07 Å². The molecule has 0 amide bonds. The molecular weight excluding hydrogens is 202 g/mol. The summed E-state index contributed by atoms with van der Waals surface area (Å²) in [5, 5.41) is 10.9. The van der Waals surface area contributed by atoms with Crippen molar-refractivity contribution < 1.29 is 0 Å². The minimum atomic E-state index is 0.413. The number of isothiocyanates is 1. The lowest BCUT2D eigenvalue weighted by Gasteiger charge is -1.98. The van der Waals surface area contributed by atoms with Crippen molar-refractivity contribution in [1.29, 1.82) is 5.26 Å². The van der Waals surface area contributed by atoms with E-state index in [1.165, 1.54) is 18.0 Å². The molecule has 0 N–H and O–H groups in total. The van der Waals surface area contributed by atoms with Crippen molar-refractivity contribution in [2.24, 2.45) is 4.99 Å². The molecule has 0 radical (unpaired) electrons. The molecule has 0 aliphatic heterocycles. The normalized spacial score (nSPS) is 8.62. The molecule has 3 nitrogen and oxygen atoms in total. The third-order valence-electron chi connectivity index (χ3n) is 1.34. The highest BCUT2D eigenvalue weighted by Gasteiger charge is 2.02. The smallest absolute Gasteiger partial charge is 0.154 e. The molecule has 0 aliphatic carbocycles. The molecule has 0 aliphatic rings. The second-order valence-electron chi connectivity index (χ2n) is 2.06. The van der Waals surface area contributed by atoms with E-state index < -0.39 is 0 Å². The molecule has 1 aromatic heterocycles. The number of aromatic nitrogens is 1. The Bertz CT molecular complexity index is 402. The van der Waals surface area contributed by atoms with Gasteiger partial charge in [-0.05, 0) is 24.5 Å². The number of pyridine rings is 1. The standard InChI is InChI=1S/C8H5N3S2/c1-13-8-2-6(11-5-12)4-10-7(8)3-9/h2,4H,1H3. The van der Waals surface area contributed by atoms with Gasteiger partial charge in [0.2, 0.25) is 0 Å². The molecule has 1 heterocycles. The Hall–Kier alpha value is -1.21. The van der Waals surface area contributed by atoms with E-state index >= 15 is 0 Å². The van der Waals surface area contributed by atoms with Crippen molar-refractivity contribution in [3.8, 4) is 6.07 Å². The van der Waals surface area contributed by atoms with Gasteiger partial charge in [0, 0.05) is 4.90 Å². The fraction of sp³-hybridized carbons (Fsp3) is 0.125. The summed E-state index contributed by atoms with van der Waals surface area (Å²) in [6, 6.07) is 3.76. The van der Waals surface area contributed by atoms with Crippen LogP contribution in [0.1, 0.15) is 5.69 Å². The lowest BCUT2D eigenvalue weighted by atomic mass is 10.3. The molecule has 1 rings (SSSR count). The third-order valence-corrected chi connectivity index (χ3v) is 2.18. The van der Waals surface area contributed by atoms with E-state index in [-0.39, 0.29) is 0 Å². The number of thiocarbonyl (C=S) groups is 1. The van der Waals surface area contributed by atoms with Crippen LogP contribution in [-0.2, 0) is 0 Å². The lowest BCUT2D eigenvalue weighted by Crippen LogP contribution is -1.84. The molecule has 0 saturated heterocycles. The monoisotopic (exact) mass is 207 g/mol. The van der Waals surface area contributed by atoms with Crippen molar-refractivity contribution in [3.63, 3.8) is 0 Å². The van der Waals surface area contributed by atoms with Crippen LogP contribution in [0.3, 0.4) is 0 Å². The highest BCUT2D eigenvalue weighted by molar-refractivity contribution is 7.98. The fourth-order valence-electron chi connectivity index (χ4n) is 0.788. The Kier molecular flexibility index (Phi) is 3.59.